The van der Waals surface area contributed by atoms with Gasteiger partial charge in [-0.05, 0) is 67.8 Å². The van der Waals surface area contributed by atoms with E-state index in [9.17, 15) is 19.5 Å². The minimum Gasteiger partial charge on any atom is -0.494 e. The van der Waals surface area contributed by atoms with Crippen molar-refractivity contribution in [1.29, 1.82) is 0 Å². The van der Waals surface area contributed by atoms with Gasteiger partial charge in [-0.15, -0.1) is 0 Å². The molecule has 1 N–H and O–H groups in total. The molecule has 0 aliphatic carbocycles. The van der Waals surface area contributed by atoms with Gasteiger partial charge in [-0.2, -0.15) is 0 Å². The van der Waals surface area contributed by atoms with Crippen molar-refractivity contribution < 1.29 is 29.0 Å². The standard InChI is InChI=1S/C36H42ClN3O6/c1-5-23(4)28(22-41)40-31-34(44)39(25-12-10-24(37)11-13-25)21-9-19-36(31)30(33(40)43)29-32(42)38(20-8-18-35(29,6-2)46-36)26-14-16-27(17-15-26)45-7-3/h8-19,23,28-31,41H,5-7,20-22H2,1-4H3/t23-,28-,29-,30-,31?,35+,36-/m0/s1. The van der Waals surface area contributed by atoms with Crippen molar-refractivity contribution in [3.05, 3.63) is 77.9 Å². The van der Waals surface area contributed by atoms with Crippen LogP contribution in [0.5, 0.6) is 5.75 Å². The predicted molar refractivity (Wildman–Crippen MR) is 177 cm³/mol. The molecule has 0 saturated carbocycles. The van der Waals surface area contributed by atoms with Gasteiger partial charge in [-0.1, -0.05) is 63.1 Å². The summed E-state index contributed by atoms with van der Waals surface area (Å²) in [5, 5.41) is 11.3. The highest BCUT2D eigenvalue weighted by atomic mass is 35.5. The molecule has 2 aromatic rings. The highest BCUT2D eigenvalue weighted by Crippen LogP contribution is 2.59. The van der Waals surface area contributed by atoms with Crippen molar-refractivity contribution in [3.63, 3.8) is 0 Å². The molecule has 0 radical (unpaired) electrons. The number of amides is 3. The Labute approximate surface area is 275 Å². The van der Waals surface area contributed by atoms with E-state index in [1.165, 1.54) is 0 Å². The number of hydrogen-bond donors (Lipinski definition) is 1. The molecule has 1 spiro atoms. The van der Waals surface area contributed by atoms with E-state index in [2.05, 4.69) is 0 Å². The summed E-state index contributed by atoms with van der Waals surface area (Å²) in [6.45, 7) is 8.57. The smallest absolute Gasteiger partial charge is 0.253 e. The highest BCUT2D eigenvalue weighted by molar-refractivity contribution is 6.30. The van der Waals surface area contributed by atoms with Crippen LogP contribution in [-0.4, -0.2) is 77.3 Å². The molecule has 3 amide bonds. The predicted octanol–water partition coefficient (Wildman–Crippen LogP) is 5.01. The van der Waals surface area contributed by atoms with Crippen LogP contribution >= 0.6 is 11.6 Å². The van der Waals surface area contributed by atoms with Crippen molar-refractivity contribution in [3.8, 4) is 5.75 Å². The lowest BCUT2D eigenvalue weighted by molar-refractivity contribution is -0.150. The normalized spacial score (nSPS) is 30.1. The Morgan fingerprint density at radius 2 is 1.50 bits per heavy atom. The zero-order chi connectivity index (χ0) is 32.8. The van der Waals surface area contributed by atoms with E-state index in [-0.39, 0.29) is 36.8 Å². The third-order valence-electron chi connectivity index (χ3n) is 10.3. The number of likely N-dealkylation sites (tertiary alicyclic amines) is 1. The number of hydrogen-bond acceptors (Lipinski definition) is 6. The number of rotatable bonds is 9. The van der Waals surface area contributed by atoms with Crippen LogP contribution in [-0.2, 0) is 19.1 Å². The van der Waals surface area contributed by atoms with Gasteiger partial charge in [0.25, 0.3) is 5.91 Å². The summed E-state index contributed by atoms with van der Waals surface area (Å²) >= 11 is 6.17. The van der Waals surface area contributed by atoms with Crippen LogP contribution in [0, 0.1) is 17.8 Å². The van der Waals surface area contributed by atoms with Gasteiger partial charge in [0.05, 0.1) is 36.7 Å². The SMILES string of the molecule is CCOc1ccc(N2CC=C[C@@]3(CC)O[C@]45C=CCN(c6ccc(Cl)cc6)C(=O)C4N([C@@H](CO)[C@@H](C)CC)C(=O)[C@@H]5[C@H]3C2=O)cc1. The molecule has 1 unspecified atom stereocenters. The molecular formula is C36H42ClN3O6. The molecule has 2 saturated heterocycles. The molecule has 10 heteroatoms. The fourth-order valence-electron chi connectivity index (χ4n) is 7.85. The second kappa shape index (κ2) is 12.5. The van der Waals surface area contributed by atoms with Crippen molar-refractivity contribution >= 4 is 40.7 Å². The van der Waals surface area contributed by atoms with E-state index in [0.717, 1.165) is 0 Å². The number of aliphatic hydroxyl groups is 1. The number of halogens is 1. The second-order valence-corrected chi connectivity index (χ2v) is 13.0. The molecular weight excluding hydrogens is 606 g/mol. The summed E-state index contributed by atoms with van der Waals surface area (Å²) < 4.78 is 12.7. The van der Waals surface area contributed by atoms with Crippen molar-refractivity contribution in [2.75, 3.05) is 36.1 Å². The van der Waals surface area contributed by atoms with Crippen LogP contribution < -0.4 is 14.5 Å². The van der Waals surface area contributed by atoms with Gasteiger partial charge in [0.15, 0.2) is 0 Å². The number of benzene rings is 2. The molecule has 46 heavy (non-hydrogen) atoms. The molecule has 4 aliphatic rings. The molecule has 6 rings (SSSR count). The van der Waals surface area contributed by atoms with Gasteiger partial charge < -0.3 is 29.3 Å². The Morgan fingerprint density at radius 3 is 2.09 bits per heavy atom. The molecule has 7 atom stereocenters. The Balaban J connectivity index is 1.49. The Morgan fingerprint density at radius 1 is 0.891 bits per heavy atom. The monoisotopic (exact) mass is 647 g/mol. The first-order valence-corrected chi connectivity index (χ1v) is 16.6. The Bertz CT molecular complexity index is 1540. The zero-order valence-electron chi connectivity index (χ0n) is 26.8. The molecule has 4 aliphatic heterocycles. The number of carbonyl (C=O) groups excluding carboxylic acids is 3. The lowest BCUT2D eigenvalue weighted by Gasteiger charge is -2.42. The van der Waals surface area contributed by atoms with Crippen LogP contribution in [0.25, 0.3) is 0 Å². The van der Waals surface area contributed by atoms with Crippen LogP contribution in [0.2, 0.25) is 5.02 Å². The van der Waals surface area contributed by atoms with Crippen LogP contribution in [0.4, 0.5) is 11.4 Å². The molecule has 9 nitrogen and oxygen atoms in total. The maximum Gasteiger partial charge on any atom is 0.253 e. The fourth-order valence-corrected chi connectivity index (χ4v) is 7.97. The van der Waals surface area contributed by atoms with E-state index >= 15 is 0 Å². The lowest BCUT2D eigenvalue weighted by Crippen LogP contribution is -2.60. The Hall–Kier alpha value is -3.66. The molecule has 244 valence electrons. The van der Waals surface area contributed by atoms with Gasteiger partial charge in [0.1, 0.15) is 17.4 Å². The molecule has 0 aromatic heterocycles. The summed E-state index contributed by atoms with van der Waals surface area (Å²) in [5.41, 5.74) is -1.24. The Kier molecular flexibility index (Phi) is 8.78. The van der Waals surface area contributed by atoms with Crippen LogP contribution in [0.3, 0.4) is 0 Å². The third-order valence-corrected chi connectivity index (χ3v) is 10.6. The first-order valence-electron chi connectivity index (χ1n) is 16.3. The molecule has 2 fully saturated rings. The van der Waals surface area contributed by atoms with Crippen LogP contribution in [0.15, 0.2) is 72.8 Å². The van der Waals surface area contributed by atoms with Crippen LogP contribution in [0.1, 0.15) is 40.5 Å². The summed E-state index contributed by atoms with van der Waals surface area (Å²) in [6.07, 6.45) is 8.65. The van der Waals surface area contributed by atoms with E-state index < -0.39 is 35.1 Å². The first kappa shape index (κ1) is 32.3. The summed E-state index contributed by atoms with van der Waals surface area (Å²) in [4.78, 5) is 49.4. The fraction of sp³-hybridized carbons (Fsp3) is 0.472. The average Bonchev–Trinajstić information content (AvgIpc) is 3.35. The lowest BCUT2D eigenvalue weighted by atomic mass is 9.73. The summed E-state index contributed by atoms with van der Waals surface area (Å²) in [7, 11) is 0. The largest absolute Gasteiger partial charge is 0.494 e. The first-order chi connectivity index (χ1) is 22.2. The van der Waals surface area contributed by atoms with Crippen molar-refractivity contribution in [2.45, 2.75) is 63.8 Å². The maximum atomic E-state index is 14.9. The quantitative estimate of drug-likeness (QED) is 0.384. The van der Waals surface area contributed by atoms with Gasteiger partial charge in [0, 0.05) is 29.5 Å². The molecule has 0 bridgehead atoms. The van der Waals surface area contributed by atoms with E-state index in [0.29, 0.717) is 48.1 Å². The summed E-state index contributed by atoms with van der Waals surface area (Å²) in [5.74, 6) is -2.22. The summed E-state index contributed by atoms with van der Waals surface area (Å²) in [6, 6.07) is 12.6. The second-order valence-electron chi connectivity index (χ2n) is 12.6. The average molecular weight is 648 g/mol. The van der Waals surface area contributed by atoms with Gasteiger partial charge in [0.2, 0.25) is 11.8 Å². The van der Waals surface area contributed by atoms with Crippen molar-refractivity contribution in [1.82, 2.24) is 4.90 Å². The topological polar surface area (TPSA) is 99.6 Å². The van der Waals surface area contributed by atoms with Gasteiger partial charge in [-0.3, -0.25) is 14.4 Å². The number of fused-ring (bicyclic) bond motifs is 2. The van der Waals surface area contributed by atoms with Gasteiger partial charge in [-0.25, -0.2) is 0 Å². The maximum absolute atomic E-state index is 14.9. The number of aliphatic hydroxyl groups excluding tert-OH is 1. The number of ether oxygens (including phenoxy) is 2. The minimum absolute atomic E-state index is 0.116. The molecule has 2 aromatic carbocycles. The number of carbonyl (C=O) groups is 3. The highest BCUT2D eigenvalue weighted by Gasteiger charge is 2.76. The number of nitrogens with zero attached hydrogens (tertiary/aromatic N) is 3. The van der Waals surface area contributed by atoms with Gasteiger partial charge >= 0.3 is 0 Å². The minimum atomic E-state index is -1.43. The zero-order valence-corrected chi connectivity index (χ0v) is 27.5. The van der Waals surface area contributed by atoms with Crippen molar-refractivity contribution in [2.24, 2.45) is 17.8 Å². The van der Waals surface area contributed by atoms with E-state index in [1.54, 1.807) is 39.0 Å². The number of anilines is 2. The van der Waals surface area contributed by atoms with E-state index in [4.69, 9.17) is 21.1 Å². The molecule has 4 heterocycles. The third kappa shape index (κ3) is 4.95. The van der Waals surface area contributed by atoms with E-state index in [1.807, 2.05) is 76.3 Å².